The van der Waals surface area contributed by atoms with E-state index in [9.17, 15) is 54.3 Å². The van der Waals surface area contributed by atoms with Crippen LogP contribution >= 0.6 is 0 Å². The number of carbonyl (C=O) groups excluding carboxylic acids is 8. The van der Waals surface area contributed by atoms with Gasteiger partial charge in [0.1, 0.15) is 59.0 Å². The van der Waals surface area contributed by atoms with Crippen molar-refractivity contribution in [1.29, 1.82) is 0 Å². The second kappa shape index (κ2) is 27.3. The number of ketones is 1. The third kappa shape index (κ3) is 13.4. The standard InChI is InChI=1S/C70H84N8O19/c1-12-71-62(87)61-75-74-60(44-31-43(37(2)3)45(80)32-46(44)81)78(61)42-23-24-50(72-35-42)76-27-29-77(30-28-76)51(83)25-26-52(84)94-56(54(40-19-15-13-16-20-40)73-65(90)97-66(6,7)8)64(89)93-47-34-70(91)59(95-63(88)41-21-17-14-18-22-41)57-68(11,58(86)55(85)53(38(47)4)67(70,9)10)48(82)33-49-69(57,36-92-49)96-39(5)79/h13-24,31-32,35,37,47-49,54-57,59,80-82,85,91H,12,25-30,33-34,36H2,1-11H3,(H,71,87)(H,73,90)/t47-,48-,49+,54-,55+,56+,57-,59-,68+,69-,70?/m0/s1. The normalized spacial score (nSPS) is 25.7. The molecule has 518 valence electrons. The zero-order valence-electron chi connectivity index (χ0n) is 56.1. The number of nitrogens with zero attached hydrogens (tertiary/aromatic N) is 6. The maximum absolute atomic E-state index is 15.5. The molecule has 4 fully saturated rings. The van der Waals surface area contributed by atoms with Gasteiger partial charge in [-0.25, -0.2) is 19.4 Å². The van der Waals surface area contributed by atoms with Crippen molar-refractivity contribution in [2.24, 2.45) is 16.7 Å². The molecule has 5 aliphatic rings. The van der Waals surface area contributed by atoms with Crippen LogP contribution in [0.2, 0.25) is 0 Å². The fourth-order valence-electron chi connectivity index (χ4n) is 14.4. The van der Waals surface area contributed by atoms with Gasteiger partial charge in [-0.15, -0.1) is 10.2 Å². The van der Waals surface area contributed by atoms with Crippen LogP contribution in [0, 0.1) is 16.7 Å². The molecule has 2 saturated carbocycles. The summed E-state index contributed by atoms with van der Waals surface area (Å²) in [6.45, 7) is 18.3. The number of benzene rings is 3. The molecular formula is C70H84N8O19. The summed E-state index contributed by atoms with van der Waals surface area (Å²) in [5.41, 5.74) is -8.02. The van der Waals surface area contributed by atoms with Gasteiger partial charge in [0, 0.05) is 70.4 Å². The van der Waals surface area contributed by atoms with Crippen LogP contribution in [-0.2, 0) is 52.4 Å². The molecule has 5 aromatic rings. The number of Topliss-reactive ketones (excluding diaryl/α,β-unsaturated/α-hetero) is 1. The lowest BCUT2D eigenvalue weighted by Gasteiger charge is -2.67. The van der Waals surface area contributed by atoms with Gasteiger partial charge in [-0.2, -0.15) is 0 Å². The first kappa shape index (κ1) is 70.5. The fourth-order valence-corrected chi connectivity index (χ4v) is 14.4. The second-order valence-corrected chi connectivity index (χ2v) is 27.4. The van der Waals surface area contributed by atoms with Crippen molar-refractivity contribution in [1.82, 2.24) is 35.3 Å². The van der Waals surface area contributed by atoms with E-state index in [4.69, 9.17) is 33.4 Å². The Morgan fingerprint density at radius 1 is 0.856 bits per heavy atom. The van der Waals surface area contributed by atoms with Crippen molar-refractivity contribution in [3.8, 4) is 28.6 Å². The molecule has 2 aliphatic heterocycles. The Morgan fingerprint density at radius 3 is 2.12 bits per heavy atom. The average Bonchev–Trinajstić information content (AvgIpc) is 0.867. The molecule has 11 atom stereocenters. The van der Waals surface area contributed by atoms with E-state index in [2.05, 4.69) is 20.8 Å². The number of aliphatic hydroxyl groups excluding tert-OH is 2. The van der Waals surface area contributed by atoms with Crippen molar-refractivity contribution in [2.75, 3.05) is 44.2 Å². The van der Waals surface area contributed by atoms with Gasteiger partial charge in [-0.05, 0) is 100 Å². The number of esters is 4. The molecule has 3 aromatic carbocycles. The Bertz CT molecular complexity index is 3880. The molecule has 0 radical (unpaired) electrons. The van der Waals surface area contributed by atoms with Crippen molar-refractivity contribution in [2.45, 2.75) is 167 Å². The summed E-state index contributed by atoms with van der Waals surface area (Å²) in [6, 6.07) is 20.4. The molecule has 7 N–H and O–H groups in total. The first-order chi connectivity index (χ1) is 45.8. The number of rotatable bonds is 18. The highest BCUT2D eigenvalue weighted by molar-refractivity contribution is 5.95. The summed E-state index contributed by atoms with van der Waals surface area (Å²) in [6.07, 6.45) is -11.9. The lowest BCUT2D eigenvalue weighted by Crippen LogP contribution is -2.81. The van der Waals surface area contributed by atoms with E-state index in [0.717, 1.165) is 6.92 Å². The van der Waals surface area contributed by atoms with Crippen LogP contribution in [-0.4, -0.2) is 191 Å². The summed E-state index contributed by atoms with van der Waals surface area (Å²) < 4.78 is 38.0. The average molecular weight is 1340 g/mol. The minimum absolute atomic E-state index is 0.0204. The highest BCUT2D eigenvalue weighted by Gasteiger charge is 2.78. The second-order valence-electron chi connectivity index (χ2n) is 27.4. The molecule has 3 aliphatic carbocycles. The van der Waals surface area contributed by atoms with Gasteiger partial charge in [-0.1, -0.05) is 76.2 Å². The van der Waals surface area contributed by atoms with Crippen LogP contribution in [0.15, 0.2) is 102 Å². The number of piperazine rings is 1. The lowest BCUT2D eigenvalue weighted by atomic mass is 9.44. The van der Waals surface area contributed by atoms with Crippen LogP contribution in [0.3, 0.4) is 0 Å². The Morgan fingerprint density at radius 2 is 1.53 bits per heavy atom. The van der Waals surface area contributed by atoms with E-state index in [1.54, 1.807) is 99.3 Å². The van der Waals surface area contributed by atoms with Gasteiger partial charge in [0.25, 0.3) is 5.91 Å². The minimum atomic E-state index is -2.51. The molecule has 27 heteroatoms. The van der Waals surface area contributed by atoms with Crippen LogP contribution in [0.1, 0.15) is 146 Å². The maximum Gasteiger partial charge on any atom is 0.408 e. The molecule has 2 aromatic heterocycles. The number of aliphatic hydroxyl groups is 3. The number of aromatic hydroxyl groups is 2. The molecule has 0 spiro atoms. The molecule has 27 nitrogen and oxygen atoms in total. The van der Waals surface area contributed by atoms with E-state index in [1.165, 1.54) is 56.7 Å². The van der Waals surface area contributed by atoms with E-state index >= 15 is 9.59 Å². The van der Waals surface area contributed by atoms with Crippen molar-refractivity contribution in [3.05, 3.63) is 125 Å². The molecule has 2 bridgehead atoms. The third-order valence-electron chi connectivity index (χ3n) is 19.5. The number of aromatic nitrogens is 4. The zero-order valence-corrected chi connectivity index (χ0v) is 56.1. The van der Waals surface area contributed by atoms with E-state index in [0.29, 0.717) is 36.7 Å². The predicted molar refractivity (Wildman–Crippen MR) is 346 cm³/mol. The van der Waals surface area contributed by atoms with E-state index < -0.39 is 143 Å². The topological polar surface area (TPSA) is 367 Å². The fraction of sp³-hybridized carbons (Fsp3) is 0.500. The van der Waals surface area contributed by atoms with Crippen LogP contribution in [0.25, 0.3) is 17.1 Å². The molecule has 2 saturated heterocycles. The summed E-state index contributed by atoms with van der Waals surface area (Å²) in [5.74, 6) is -7.73. The lowest BCUT2D eigenvalue weighted by molar-refractivity contribution is -0.346. The highest BCUT2D eigenvalue weighted by atomic mass is 16.6. The summed E-state index contributed by atoms with van der Waals surface area (Å²) in [5, 5.41) is 74.2. The van der Waals surface area contributed by atoms with E-state index in [-0.39, 0.29) is 83.0 Å². The van der Waals surface area contributed by atoms with Crippen LogP contribution in [0.4, 0.5) is 10.6 Å². The number of alkyl carbamates (subject to hydrolysis) is 1. The number of nitrogens with one attached hydrogen (secondary N) is 2. The Balaban J connectivity index is 0.913. The number of phenols is 2. The third-order valence-corrected chi connectivity index (χ3v) is 19.5. The van der Waals surface area contributed by atoms with Crippen LogP contribution in [0.5, 0.6) is 11.5 Å². The minimum Gasteiger partial charge on any atom is -0.508 e. The number of hydrogen-bond donors (Lipinski definition) is 7. The van der Waals surface area contributed by atoms with Gasteiger partial charge in [0.15, 0.2) is 17.2 Å². The number of fused-ring (bicyclic) bond motifs is 5. The van der Waals surface area contributed by atoms with Gasteiger partial charge >= 0.3 is 30.0 Å². The number of pyridine rings is 1. The molecule has 4 heterocycles. The number of amides is 3. The molecule has 97 heavy (non-hydrogen) atoms. The monoisotopic (exact) mass is 1340 g/mol. The number of carbonyl (C=O) groups is 8. The number of phenolic OH excluding ortho intramolecular Hbond substituents is 2. The zero-order chi connectivity index (χ0) is 70.4. The Kier molecular flexibility index (Phi) is 19.8. The SMILES string of the molecule is CCNC(=O)c1nnc(-c2cc(C(C)C)c(O)cc2O)n1-c1ccc(N2CCN(C(=O)CCC(=O)O[C@@H](C(=O)O[C@H]3CC4(O)[C@@H](OC(=O)c5ccccc5)[C@@H]5[C@]6(OC(C)=O)CO[C@@H]6C[C@H](O)[C@@]5(C)C(=O)[C@H](O)C(=C3C)C4(C)C)[C@@H](NC(=O)OC(C)(C)C)c3ccccc3)CC2)nc1. The molecule has 3 amide bonds. The van der Waals surface area contributed by atoms with Gasteiger partial charge in [0.05, 0.1) is 53.5 Å². The first-order valence-electron chi connectivity index (χ1n) is 32.4. The van der Waals surface area contributed by atoms with Crippen molar-refractivity contribution < 1.29 is 92.3 Å². The van der Waals surface area contributed by atoms with Gasteiger partial charge in [0.2, 0.25) is 17.8 Å². The van der Waals surface area contributed by atoms with Crippen LogP contribution < -0.4 is 15.5 Å². The summed E-state index contributed by atoms with van der Waals surface area (Å²) >= 11 is 0. The largest absolute Gasteiger partial charge is 0.508 e. The van der Waals surface area contributed by atoms with E-state index in [1.807, 2.05) is 18.7 Å². The van der Waals surface area contributed by atoms with Crippen molar-refractivity contribution >= 4 is 53.4 Å². The highest BCUT2D eigenvalue weighted by Crippen LogP contribution is 2.64. The van der Waals surface area contributed by atoms with Crippen molar-refractivity contribution in [3.63, 3.8) is 0 Å². The first-order valence-corrected chi connectivity index (χ1v) is 32.4. The summed E-state index contributed by atoms with van der Waals surface area (Å²) in [7, 11) is 0. The maximum atomic E-state index is 15.5. The molecular weight excluding hydrogens is 1260 g/mol. The molecule has 10 rings (SSSR count). The van der Waals surface area contributed by atoms with Gasteiger partial charge in [-0.3, -0.25) is 28.5 Å². The number of anilines is 1. The number of hydrogen-bond acceptors (Lipinski definition) is 23. The quantitative estimate of drug-likeness (QED) is 0.0306. The Hall–Kier alpha value is -9.31. The molecule has 1 unspecified atom stereocenters. The number of ether oxygens (including phenoxy) is 6. The smallest absolute Gasteiger partial charge is 0.408 e. The predicted octanol–water partition coefficient (Wildman–Crippen LogP) is 5.87. The summed E-state index contributed by atoms with van der Waals surface area (Å²) in [4.78, 5) is 122. The van der Waals surface area contributed by atoms with Gasteiger partial charge < -0.3 is 74.4 Å². The Labute approximate surface area is 560 Å².